The Morgan fingerprint density at radius 3 is 2.24 bits per heavy atom. The van der Waals surface area contributed by atoms with Crippen LogP contribution >= 0.6 is 0 Å². The number of fused-ring (bicyclic) bond motifs is 1. The zero-order valence-electron chi connectivity index (χ0n) is 26.4. The number of Topliss-reactive ketones (excluding diaryl/α,β-unsaturated/α-hetero) is 1. The van der Waals surface area contributed by atoms with E-state index < -0.39 is 6.03 Å². The number of anilines is 2. The zero-order chi connectivity index (χ0) is 32.0. The molecule has 0 atom stereocenters. The number of hydrogen-bond acceptors (Lipinski definition) is 5. The van der Waals surface area contributed by atoms with Crippen molar-refractivity contribution in [3.8, 4) is 17.2 Å². The number of nitrogens with zero attached hydrogens (tertiary/aromatic N) is 1. The van der Waals surface area contributed by atoms with E-state index in [1.54, 1.807) is 20.2 Å². The first-order chi connectivity index (χ1) is 21.6. The van der Waals surface area contributed by atoms with Gasteiger partial charge in [0.05, 0.1) is 18.5 Å². The molecule has 0 bridgehead atoms. The molecule has 0 saturated carbocycles. The van der Waals surface area contributed by atoms with Crippen LogP contribution in [0.1, 0.15) is 56.5 Å². The number of urea groups is 1. The molecule has 0 aliphatic rings. The summed E-state index contributed by atoms with van der Waals surface area (Å²) in [6.07, 6.45) is 3.38. The van der Waals surface area contributed by atoms with Gasteiger partial charge < -0.3 is 24.9 Å². The van der Waals surface area contributed by atoms with E-state index in [9.17, 15) is 9.59 Å². The van der Waals surface area contributed by atoms with Gasteiger partial charge in [0.1, 0.15) is 23.0 Å². The van der Waals surface area contributed by atoms with Crippen molar-refractivity contribution in [2.24, 2.45) is 0 Å². The fraction of sp³-hybridized carbons (Fsp3) is 0.237. The number of carbonyl (C=O) groups is 2. The lowest BCUT2D eigenvalue weighted by molar-refractivity contribution is -0.116. The van der Waals surface area contributed by atoms with Crippen molar-refractivity contribution in [1.29, 1.82) is 0 Å². The molecule has 4 aromatic carbocycles. The highest BCUT2D eigenvalue weighted by Gasteiger charge is 2.21. The quantitative estimate of drug-likeness (QED) is 0.167. The van der Waals surface area contributed by atoms with Crippen LogP contribution in [0.5, 0.6) is 17.2 Å². The first-order valence-electron chi connectivity index (χ1n) is 15.1. The predicted octanol–water partition coefficient (Wildman–Crippen LogP) is 9.09. The highest BCUT2D eigenvalue weighted by molar-refractivity contribution is 6.08. The molecule has 7 heteroatoms. The molecule has 0 saturated heterocycles. The number of ether oxygens (including phenoxy) is 2. The summed E-state index contributed by atoms with van der Waals surface area (Å²) in [4.78, 5) is 29.7. The van der Waals surface area contributed by atoms with Gasteiger partial charge >= 0.3 is 6.03 Å². The van der Waals surface area contributed by atoms with Crippen molar-refractivity contribution in [1.82, 2.24) is 4.98 Å². The molecule has 230 valence electrons. The fourth-order valence-electron chi connectivity index (χ4n) is 5.25. The van der Waals surface area contributed by atoms with Crippen LogP contribution in [0, 0.1) is 0 Å². The maximum Gasteiger partial charge on any atom is 0.323 e. The van der Waals surface area contributed by atoms with E-state index in [1.807, 2.05) is 72.8 Å². The zero-order valence-corrected chi connectivity index (χ0v) is 26.4. The van der Waals surface area contributed by atoms with Gasteiger partial charge in [-0.1, -0.05) is 81.4 Å². The third-order valence-corrected chi connectivity index (χ3v) is 7.61. The topological polar surface area (TPSA) is 89.5 Å². The Kier molecular flexibility index (Phi) is 9.48. The minimum Gasteiger partial charge on any atom is -0.494 e. The van der Waals surface area contributed by atoms with Crippen LogP contribution in [0.25, 0.3) is 10.8 Å². The summed E-state index contributed by atoms with van der Waals surface area (Å²) in [5.74, 6) is 2.01. The maximum absolute atomic E-state index is 13.4. The fourth-order valence-corrected chi connectivity index (χ4v) is 5.25. The Morgan fingerprint density at radius 2 is 1.53 bits per heavy atom. The van der Waals surface area contributed by atoms with Gasteiger partial charge in [-0.05, 0) is 59.7 Å². The van der Waals surface area contributed by atoms with Gasteiger partial charge in [-0.2, -0.15) is 0 Å². The van der Waals surface area contributed by atoms with E-state index in [4.69, 9.17) is 9.47 Å². The predicted molar refractivity (Wildman–Crippen MR) is 181 cm³/mol. The molecule has 0 spiro atoms. The minimum absolute atomic E-state index is 0.0985. The smallest absolute Gasteiger partial charge is 0.323 e. The van der Waals surface area contributed by atoms with Crippen LogP contribution < -0.4 is 20.1 Å². The first kappa shape index (κ1) is 31.3. The Bertz CT molecular complexity index is 1830. The SMILES string of the molecule is COc1c(CCC(C)=O)cc(C(C)(C)C)cc1NC(=O)Nc1ccc(Oc2ccnc(Cc3ccccc3)c2)c2ccccc12. The minimum atomic E-state index is -0.407. The van der Waals surface area contributed by atoms with E-state index in [0.29, 0.717) is 47.9 Å². The molecule has 1 heterocycles. The van der Waals surface area contributed by atoms with E-state index in [-0.39, 0.29) is 11.2 Å². The van der Waals surface area contributed by atoms with Crippen LogP contribution in [0.4, 0.5) is 16.2 Å². The standard InChI is InChI=1S/C38H39N3O4/c1-25(42)15-16-27-22-28(38(2,3)4)23-34(36(27)44-5)41-37(43)40-33-17-18-35(32-14-10-9-13-31(32)33)45-30-19-20-39-29(24-30)21-26-11-7-6-8-12-26/h6-14,17-20,22-24H,15-16,21H2,1-5H3,(H2,40,41,43). The molecule has 2 amide bonds. The molecule has 45 heavy (non-hydrogen) atoms. The summed E-state index contributed by atoms with van der Waals surface area (Å²) in [6, 6.07) is 29.1. The van der Waals surface area contributed by atoms with Crippen molar-refractivity contribution < 1.29 is 19.1 Å². The van der Waals surface area contributed by atoms with E-state index in [1.165, 1.54) is 5.56 Å². The highest BCUT2D eigenvalue weighted by atomic mass is 16.5. The largest absolute Gasteiger partial charge is 0.494 e. The number of nitrogens with one attached hydrogen (secondary N) is 2. The summed E-state index contributed by atoms with van der Waals surface area (Å²) in [5.41, 5.74) is 5.02. The van der Waals surface area contributed by atoms with Crippen LogP contribution in [0.3, 0.4) is 0 Å². The molecule has 5 aromatic rings. The van der Waals surface area contributed by atoms with Crippen molar-refractivity contribution >= 4 is 34.0 Å². The lowest BCUT2D eigenvalue weighted by atomic mass is 9.85. The molecule has 2 N–H and O–H groups in total. The van der Waals surface area contributed by atoms with Crippen molar-refractivity contribution in [3.05, 3.63) is 120 Å². The normalized spacial score (nSPS) is 11.2. The number of pyridine rings is 1. The van der Waals surface area contributed by atoms with Crippen molar-refractivity contribution in [2.75, 3.05) is 17.7 Å². The van der Waals surface area contributed by atoms with Gasteiger partial charge in [0.2, 0.25) is 0 Å². The van der Waals surface area contributed by atoms with Crippen molar-refractivity contribution in [2.45, 2.75) is 52.4 Å². The molecule has 0 aliphatic carbocycles. The third-order valence-electron chi connectivity index (χ3n) is 7.61. The maximum atomic E-state index is 13.4. The summed E-state index contributed by atoms with van der Waals surface area (Å²) < 4.78 is 12.1. The van der Waals surface area contributed by atoms with Gasteiger partial charge in [0.15, 0.2) is 0 Å². The molecule has 7 nitrogen and oxygen atoms in total. The molecule has 0 radical (unpaired) electrons. The second-order valence-corrected chi connectivity index (χ2v) is 12.2. The first-order valence-corrected chi connectivity index (χ1v) is 15.1. The third kappa shape index (κ3) is 7.87. The number of rotatable bonds is 10. The number of carbonyl (C=O) groups excluding carboxylic acids is 2. The van der Waals surface area contributed by atoms with Crippen LogP contribution in [0.2, 0.25) is 0 Å². The van der Waals surface area contributed by atoms with E-state index in [2.05, 4.69) is 54.6 Å². The Hall–Kier alpha value is -5.17. The Balaban J connectivity index is 1.39. The Labute approximate surface area is 264 Å². The van der Waals surface area contributed by atoms with Gasteiger partial charge in [0, 0.05) is 41.6 Å². The average molecular weight is 602 g/mol. The molecule has 0 unspecified atom stereocenters. The molecule has 0 aliphatic heterocycles. The summed E-state index contributed by atoms with van der Waals surface area (Å²) in [7, 11) is 1.58. The van der Waals surface area contributed by atoms with E-state index in [0.717, 1.165) is 27.6 Å². The van der Waals surface area contributed by atoms with E-state index >= 15 is 0 Å². The number of amides is 2. The molecule has 0 fully saturated rings. The number of aromatic nitrogens is 1. The van der Waals surface area contributed by atoms with Crippen LogP contribution in [-0.4, -0.2) is 23.9 Å². The number of methoxy groups -OCH3 is 1. The highest BCUT2D eigenvalue weighted by Crippen LogP contribution is 2.37. The van der Waals surface area contributed by atoms with Gasteiger partial charge in [0.25, 0.3) is 0 Å². The number of aryl methyl sites for hydroxylation is 1. The van der Waals surface area contributed by atoms with Gasteiger partial charge in [-0.15, -0.1) is 0 Å². The Morgan fingerprint density at radius 1 is 0.822 bits per heavy atom. The second-order valence-electron chi connectivity index (χ2n) is 12.2. The second kappa shape index (κ2) is 13.6. The van der Waals surface area contributed by atoms with Crippen LogP contribution in [-0.2, 0) is 23.1 Å². The molecular weight excluding hydrogens is 562 g/mol. The van der Waals surface area contributed by atoms with Crippen molar-refractivity contribution in [3.63, 3.8) is 0 Å². The number of ketones is 1. The van der Waals surface area contributed by atoms with Gasteiger partial charge in [-0.3, -0.25) is 4.98 Å². The summed E-state index contributed by atoms with van der Waals surface area (Å²) in [5, 5.41) is 7.70. The number of hydrogen-bond donors (Lipinski definition) is 2. The molecule has 1 aromatic heterocycles. The lowest BCUT2D eigenvalue weighted by Gasteiger charge is -2.24. The monoisotopic (exact) mass is 601 g/mol. The summed E-state index contributed by atoms with van der Waals surface area (Å²) in [6.45, 7) is 7.91. The average Bonchev–Trinajstić information content (AvgIpc) is 3.01. The van der Waals surface area contributed by atoms with Crippen LogP contribution in [0.15, 0.2) is 97.2 Å². The van der Waals surface area contributed by atoms with Gasteiger partial charge in [-0.25, -0.2) is 4.79 Å². The number of benzene rings is 4. The summed E-state index contributed by atoms with van der Waals surface area (Å²) >= 11 is 0. The molecular formula is C38H39N3O4. The molecule has 5 rings (SSSR count). The lowest BCUT2D eigenvalue weighted by Crippen LogP contribution is -2.21.